The number of halogens is 2. The van der Waals surface area contributed by atoms with Gasteiger partial charge in [-0.05, 0) is 30.7 Å². The van der Waals surface area contributed by atoms with Gasteiger partial charge in [0.2, 0.25) is 0 Å². The molecule has 0 bridgehead atoms. The fourth-order valence-electron chi connectivity index (χ4n) is 1.98. The second kappa shape index (κ2) is 6.36. The van der Waals surface area contributed by atoms with Crippen LogP contribution in [0.5, 0.6) is 5.75 Å². The Hall–Kier alpha value is -2.11. The molecule has 20 heavy (non-hydrogen) atoms. The molecule has 0 aliphatic heterocycles. The summed E-state index contributed by atoms with van der Waals surface area (Å²) < 4.78 is 30.1. The third-order valence-corrected chi connectivity index (χ3v) is 2.89. The van der Waals surface area contributed by atoms with E-state index in [0.29, 0.717) is 6.54 Å². The number of hydrogen-bond donors (Lipinski definition) is 1. The molecule has 1 N–H and O–H groups in total. The summed E-state index contributed by atoms with van der Waals surface area (Å²) in [5.74, 6) is 0.154. The van der Waals surface area contributed by atoms with Crippen molar-refractivity contribution in [1.82, 2.24) is 9.78 Å². The highest BCUT2D eigenvalue weighted by molar-refractivity contribution is 5.46. The van der Waals surface area contributed by atoms with Gasteiger partial charge in [-0.25, -0.2) is 0 Å². The van der Waals surface area contributed by atoms with Crippen LogP contribution < -0.4 is 10.1 Å². The topological polar surface area (TPSA) is 39.1 Å². The van der Waals surface area contributed by atoms with Crippen molar-refractivity contribution >= 4 is 5.69 Å². The van der Waals surface area contributed by atoms with Crippen molar-refractivity contribution in [3.63, 3.8) is 0 Å². The zero-order valence-corrected chi connectivity index (χ0v) is 11.4. The molecule has 0 aliphatic carbocycles. The molecule has 0 radical (unpaired) electrons. The Bertz CT molecular complexity index is 552. The van der Waals surface area contributed by atoms with Crippen LogP contribution in [0, 0.1) is 0 Å². The minimum Gasteiger partial charge on any atom is -0.435 e. The van der Waals surface area contributed by atoms with E-state index in [-0.39, 0.29) is 5.75 Å². The van der Waals surface area contributed by atoms with Gasteiger partial charge in [-0.15, -0.1) is 0 Å². The summed E-state index contributed by atoms with van der Waals surface area (Å²) in [6, 6.07) is 6.44. The summed E-state index contributed by atoms with van der Waals surface area (Å²) in [4.78, 5) is 0. The van der Waals surface area contributed by atoms with Crippen LogP contribution in [0.4, 0.5) is 14.5 Å². The lowest BCUT2D eigenvalue weighted by atomic mass is 10.2. The lowest BCUT2D eigenvalue weighted by molar-refractivity contribution is -0.0498. The Morgan fingerprint density at radius 3 is 2.60 bits per heavy atom. The fourth-order valence-corrected chi connectivity index (χ4v) is 1.98. The van der Waals surface area contributed by atoms with Gasteiger partial charge in [0.1, 0.15) is 5.75 Å². The first-order chi connectivity index (χ1) is 9.58. The number of anilines is 1. The summed E-state index contributed by atoms with van der Waals surface area (Å²) in [7, 11) is 1.89. The highest BCUT2D eigenvalue weighted by Gasteiger charge is 2.06. The van der Waals surface area contributed by atoms with E-state index in [1.54, 1.807) is 16.8 Å². The molecule has 0 fully saturated rings. The van der Waals surface area contributed by atoms with Crippen molar-refractivity contribution in [3.05, 3.63) is 41.7 Å². The van der Waals surface area contributed by atoms with Gasteiger partial charge in [0.05, 0.1) is 5.69 Å². The highest BCUT2D eigenvalue weighted by atomic mass is 19.3. The van der Waals surface area contributed by atoms with Crippen molar-refractivity contribution in [1.29, 1.82) is 0 Å². The molecule has 0 atom stereocenters. The van der Waals surface area contributed by atoms with Gasteiger partial charge in [0.15, 0.2) is 0 Å². The normalized spacial score (nSPS) is 10.8. The Labute approximate surface area is 116 Å². The number of nitrogens with zero attached hydrogens (tertiary/aromatic N) is 2. The molecule has 108 valence electrons. The zero-order chi connectivity index (χ0) is 14.5. The lowest BCUT2D eigenvalue weighted by Gasteiger charge is -2.08. The Kier molecular flexibility index (Phi) is 4.55. The van der Waals surface area contributed by atoms with Gasteiger partial charge in [-0.2, -0.15) is 13.9 Å². The summed E-state index contributed by atoms with van der Waals surface area (Å²) in [5.41, 5.74) is 3.03. The van der Waals surface area contributed by atoms with E-state index in [0.717, 1.165) is 23.4 Å². The zero-order valence-electron chi connectivity index (χ0n) is 11.4. The van der Waals surface area contributed by atoms with Gasteiger partial charge in [-0.1, -0.05) is 6.92 Å². The predicted molar refractivity (Wildman–Crippen MR) is 73.0 cm³/mol. The molecule has 0 amide bonds. The SMILES string of the molecule is CCc1nn(C)cc1CNc1ccc(OC(F)F)cc1. The van der Waals surface area contributed by atoms with Crippen molar-refractivity contribution in [3.8, 4) is 5.75 Å². The Morgan fingerprint density at radius 2 is 2.00 bits per heavy atom. The minimum atomic E-state index is -2.80. The second-order valence-corrected chi connectivity index (χ2v) is 4.38. The molecule has 2 rings (SSSR count). The van der Waals surface area contributed by atoms with E-state index in [1.807, 2.05) is 13.2 Å². The van der Waals surface area contributed by atoms with Crippen molar-refractivity contribution in [2.45, 2.75) is 26.5 Å². The molecular formula is C14H17F2N3O. The van der Waals surface area contributed by atoms with E-state index < -0.39 is 6.61 Å². The molecule has 1 aromatic carbocycles. The van der Waals surface area contributed by atoms with Crippen molar-refractivity contribution in [2.75, 3.05) is 5.32 Å². The molecule has 0 saturated heterocycles. The average Bonchev–Trinajstić information content (AvgIpc) is 2.78. The van der Waals surface area contributed by atoms with Gasteiger partial charge in [0.25, 0.3) is 0 Å². The fraction of sp³-hybridized carbons (Fsp3) is 0.357. The number of alkyl halides is 2. The summed E-state index contributed by atoms with van der Waals surface area (Å²) in [6.45, 7) is -0.0923. The van der Waals surface area contributed by atoms with Crippen LogP contribution >= 0.6 is 0 Å². The first-order valence-electron chi connectivity index (χ1n) is 6.38. The summed E-state index contributed by atoms with van der Waals surface area (Å²) in [6.07, 6.45) is 2.85. The number of rotatable bonds is 6. The van der Waals surface area contributed by atoms with Crippen LogP contribution in [0.1, 0.15) is 18.2 Å². The monoisotopic (exact) mass is 281 g/mol. The second-order valence-electron chi connectivity index (χ2n) is 4.38. The van der Waals surface area contributed by atoms with Crippen molar-refractivity contribution < 1.29 is 13.5 Å². The number of ether oxygens (including phenoxy) is 1. The van der Waals surface area contributed by atoms with Crippen LogP contribution in [-0.2, 0) is 20.0 Å². The molecule has 6 heteroatoms. The third kappa shape index (κ3) is 3.69. The van der Waals surface area contributed by atoms with Crippen molar-refractivity contribution in [2.24, 2.45) is 7.05 Å². The van der Waals surface area contributed by atoms with E-state index in [2.05, 4.69) is 22.1 Å². The first kappa shape index (κ1) is 14.3. The van der Waals surface area contributed by atoms with Crippen LogP contribution in [0.3, 0.4) is 0 Å². The molecule has 1 heterocycles. The van der Waals surface area contributed by atoms with Gasteiger partial charge in [0, 0.05) is 31.0 Å². The highest BCUT2D eigenvalue weighted by Crippen LogP contribution is 2.18. The summed E-state index contributed by atoms with van der Waals surface area (Å²) >= 11 is 0. The van der Waals surface area contributed by atoms with Crippen LogP contribution in [0.15, 0.2) is 30.5 Å². The Balaban J connectivity index is 1.96. The van der Waals surface area contributed by atoms with E-state index in [1.165, 1.54) is 12.1 Å². The molecule has 4 nitrogen and oxygen atoms in total. The molecular weight excluding hydrogens is 264 g/mol. The maximum absolute atomic E-state index is 12.0. The van der Waals surface area contributed by atoms with Crippen LogP contribution in [-0.4, -0.2) is 16.4 Å². The molecule has 0 aliphatic rings. The van der Waals surface area contributed by atoms with E-state index >= 15 is 0 Å². The third-order valence-electron chi connectivity index (χ3n) is 2.89. The summed E-state index contributed by atoms with van der Waals surface area (Å²) in [5, 5.41) is 7.59. The minimum absolute atomic E-state index is 0.154. The number of aromatic nitrogens is 2. The maximum Gasteiger partial charge on any atom is 0.387 e. The van der Waals surface area contributed by atoms with E-state index in [4.69, 9.17) is 0 Å². The lowest BCUT2D eigenvalue weighted by Crippen LogP contribution is -2.03. The van der Waals surface area contributed by atoms with Crippen LogP contribution in [0.25, 0.3) is 0 Å². The maximum atomic E-state index is 12.0. The molecule has 1 aromatic heterocycles. The predicted octanol–water partition coefficient (Wildman–Crippen LogP) is 3.20. The smallest absolute Gasteiger partial charge is 0.387 e. The molecule has 0 unspecified atom stereocenters. The van der Waals surface area contributed by atoms with Gasteiger partial charge < -0.3 is 10.1 Å². The molecule has 2 aromatic rings. The number of aryl methyl sites for hydroxylation is 2. The quantitative estimate of drug-likeness (QED) is 0.883. The van der Waals surface area contributed by atoms with Gasteiger partial charge in [-0.3, -0.25) is 4.68 Å². The molecule has 0 saturated carbocycles. The largest absolute Gasteiger partial charge is 0.435 e. The van der Waals surface area contributed by atoms with Gasteiger partial charge >= 0.3 is 6.61 Å². The Morgan fingerprint density at radius 1 is 1.30 bits per heavy atom. The first-order valence-corrected chi connectivity index (χ1v) is 6.38. The standard InChI is InChI=1S/C14H17F2N3O/c1-3-13-10(9-19(2)18-13)8-17-11-4-6-12(7-5-11)20-14(15)16/h4-7,9,14,17H,3,8H2,1-2H3. The number of hydrogen-bond acceptors (Lipinski definition) is 3. The van der Waals surface area contributed by atoms with E-state index in [9.17, 15) is 8.78 Å². The molecule has 0 spiro atoms. The number of benzene rings is 1. The number of nitrogens with one attached hydrogen (secondary N) is 1. The van der Waals surface area contributed by atoms with Crippen LogP contribution in [0.2, 0.25) is 0 Å². The average molecular weight is 281 g/mol.